The number of thioether (sulfide) groups is 1. The summed E-state index contributed by atoms with van der Waals surface area (Å²) in [5, 5.41) is 12.8. The Morgan fingerprint density at radius 3 is 2.10 bits per heavy atom. The molecule has 0 saturated heterocycles. The molecule has 0 aromatic heterocycles. The van der Waals surface area contributed by atoms with Crippen molar-refractivity contribution in [2.45, 2.75) is 57.0 Å². The summed E-state index contributed by atoms with van der Waals surface area (Å²) in [4.78, 5) is 41.1. The second-order valence-electron chi connectivity index (χ2n) is 10.3. The summed E-state index contributed by atoms with van der Waals surface area (Å²) < 4.78 is 5.22. The normalized spacial score (nSPS) is 12.4. The first-order valence-corrected chi connectivity index (χ1v) is 15.0. The number of urea groups is 1. The highest BCUT2D eigenvalue weighted by Crippen LogP contribution is 2.23. The number of benzene rings is 3. The first-order chi connectivity index (χ1) is 19.8. The Balaban J connectivity index is 1.78. The molecule has 41 heavy (non-hydrogen) atoms. The zero-order valence-corrected chi connectivity index (χ0v) is 24.8. The maximum atomic E-state index is 13.7. The smallest absolute Gasteiger partial charge is 0.326 e. The number of hydrogen-bond acceptors (Lipinski definition) is 5. The van der Waals surface area contributed by atoms with E-state index in [9.17, 15) is 19.5 Å². The van der Waals surface area contributed by atoms with Crippen molar-refractivity contribution in [3.05, 3.63) is 90.5 Å². The minimum Gasteiger partial charge on any atom is -0.480 e. The number of esters is 1. The third-order valence-electron chi connectivity index (χ3n) is 6.64. The van der Waals surface area contributed by atoms with Gasteiger partial charge >= 0.3 is 18.0 Å². The van der Waals surface area contributed by atoms with Crippen LogP contribution in [0.25, 0.3) is 11.1 Å². The van der Waals surface area contributed by atoms with Gasteiger partial charge in [0.1, 0.15) is 6.04 Å². The van der Waals surface area contributed by atoms with Crippen LogP contribution in [0.2, 0.25) is 0 Å². The number of ether oxygens (including phenoxy) is 1. The summed E-state index contributed by atoms with van der Waals surface area (Å²) in [6.07, 6.45) is 0.870. The first-order valence-electron chi connectivity index (χ1n) is 14.0. The number of rotatable bonds is 15. The van der Waals surface area contributed by atoms with Gasteiger partial charge in [-0.3, -0.25) is 4.79 Å². The molecule has 0 aliphatic rings. The van der Waals surface area contributed by atoms with Crippen LogP contribution in [0.15, 0.2) is 89.8 Å². The van der Waals surface area contributed by atoms with Gasteiger partial charge in [0.2, 0.25) is 0 Å². The van der Waals surface area contributed by atoms with E-state index in [0.717, 1.165) is 21.6 Å². The van der Waals surface area contributed by atoms with Crippen molar-refractivity contribution in [1.29, 1.82) is 0 Å². The van der Waals surface area contributed by atoms with Gasteiger partial charge < -0.3 is 20.1 Å². The highest BCUT2D eigenvalue weighted by molar-refractivity contribution is 7.99. The predicted molar refractivity (Wildman–Crippen MR) is 164 cm³/mol. The molecule has 3 aromatic carbocycles. The Hall–Kier alpha value is -3.78. The second-order valence-corrected chi connectivity index (χ2v) is 11.4. The molecule has 0 aliphatic carbocycles. The molecule has 2 amide bonds. The molecule has 3 aromatic rings. The molecule has 0 bridgehead atoms. The average molecular weight is 577 g/mol. The fourth-order valence-electron chi connectivity index (χ4n) is 4.36. The molecule has 2 atom stereocenters. The summed E-state index contributed by atoms with van der Waals surface area (Å²) in [6, 6.07) is 25.3. The lowest BCUT2D eigenvalue weighted by atomic mass is 10.0. The van der Waals surface area contributed by atoms with E-state index in [1.54, 1.807) is 23.6 Å². The number of hydrogen-bond donors (Lipinski definition) is 2. The highest BCUT2D eigenvalue weighted by Gasteiger charge is 2.30. The fourth-order valence-corrected chi connectivity index (χ4v) is 5.39. The maximum absolute atomic E-state index is 13.7. The molecule has 0 fully saturated rings. The third-order valence-corrected chi connectivity index (χ3v) is 7.80. The van der Waals surface area contributed by atoms with Crippen LogP contribution in [-0.2, 0) is 20.7 Å². The fraction of sp³-hybridized carbons (Fsp3) is 0.364. The summed E-state index contributed by atoms with van der Waals surface area (Å²) in [7, 11) is 0. The second kappa shape index (κ2) is 16.5. The average Bonchev–Trinajstić information content (AvgIpc) is 2.96. The van der Waals surface area contributed by atoms with Crippen LogP contribution in [-0.4, -0.2) is 59.0 Å². The number of nitrogens with zero attached hydrogens (tertiary/aromatic N) is 1. The van der Waals surface area contributed by atoms with Crippen LogP contribution in [0.5, 0.6) is 0 Å². The maximum Gasteiger partial charge on any atom is 0.326 e. The molecule has 0 spiro atoms. The van der Waals surface area contributed by atoms with E-state index < -0.39 is 24.1 Å². The monoisotopic (exact) mass is 576 g/mol. The summed E-state index contributed by atoms with van der Waals surface area (Å²) in [5.74, 6) is -0.724. The molecule has 0 radical (unpaired) electrons. The first kappa shape index (κ1) is 31.7. The molecule has 2 N–H and O–H groups in total. The van der Waals surface area contributed by atoms with E-state index in [1.807, 2.05) is 84.9 Å². The van der Waals surface area contributed by atoms with Crippen LogP contribution in [0, 0.1) is 5.92 Å². The topological polar surface area (TPSA) is 95.9 Å². The standard InChI is InChI=1S/C33H40N2O5S/c1-4-40-31(36)22-28(23-41-29-13-9-6-10-14-29)35(20-19-24(2)3)33(39)34-30(32(37)38)21-25-15-17-27(18-16-25)26-11-7-5-8-12-26/h5-18,24,28,30H,4,19-23H2,1-3H3,(H,34,39)(H,37,38)/t28?,30-/m0/s1. The number of amides is 2. The summed E-state index contributed by atoms with van der Waals surface area (Å²) in [5.41, 5.74) is 2.90. The third kappa shape index (κ3) is 10.6. The lowest BCUT2D eigenvalue weighted by Gasteiger charge is -2.33. The number of carbonyl (C=O) groups is 3. The summed E-state index contributed by atoms with van der Waals surface area (Å²) in [6.45, 7) is 6.52. The van der Waals surface area contributed by atoms with Gasteiger partial charge in [-0.15, -0.1) is 11.8 Å². The quantitative estimate of drug-likeness (QED) is 0.158. The van der Waals surface area contributed by atoms with Crippen molar-refractivity contribution in [2.24, 2.45) is 5.92 Å². The molecule has 8 heteroatoms. The van der Waals surface area contributed by atoms with Crippen molar-refractivity contribution >= 4 is 29.7 Å². The van der Waals surface area contributed by atoms with E-state index in [0.29, 0.717) is 24.6 Å². The molecular weight excluding hydrogens is 536 g/mol. The largest absolute Gasteiger partial charge is 0.480 e. The van der Waals surface area contributed by atoms with Crippen molar-refractivity contribution in [3.63, 3.8) is 0 Å². The van der Waals surface area contributed by atoms with Crippen LogP contribution in [0.1, 0.15) is 39.2 Å². The van der Waals surface area contributed by atoms with E-state index in [4.69, 9.17) is 4.74 Å². The number of nitrogens with one attached hydrogen (secondary N) is 1. The molecule has 3 rings (SSSR count). The Bertz CT molecular complexity index is 1240. The Labute approximate surface area is 247 Å². The van der Waals surface area contributed by atoms with E-state index in [1.165, 1.54) is 0 Å². The number of aliphatic carboxylic acids is 1. The summed E-state index contributed by atoms with van der Waals surface area (Å²) >= 11 is 1.55. The van der Waals surface area contributed by atoms with Crippen LogP contribution < -0.4 is 5.32 Å². The van der Waals surface area contributed by atoms with Gasteiger partial charge in [-0.05, 0) is 48.1 Å². The Morgan fingerprint density at radius 1 is 0.902 bits per heavy atom. The Morgan fingerprint density at radius 2 is 1.51 bits per heavy atom. The Kier molecular flexibility index (Phi) is 12.8. The van der Waals surface area contributed by atoms with Crippen molar-refractivity contribution in [2.75, 3.05) is 18.9 Å². The SMILES string of the molecule is CCOC(=O)CC(CSc1ccccc1)N(CCC(C)C)C(=O)N[C@@H](Cc1ccc(-c2ccccc2)cc1)C(=O)O. The van der Waals surface area contributed by atoms with Crippen LogP contribution in [0.4, 0.5) is 4.79 Å². The van der Waals surface area contributed by atoms with E-state index in [2.05, 4.69) is 19.2 Å². The van der Waals surface area contributed by atoms with Gasteiger partial charge in [0.25, 0.3) is 0 Å². The zero-order valence-electron chi connectivity index (χ0n) is 24.0. The molecular formula is C33H40N2O5S. The lowest BCUT2D eigenvalue weighted by Crippen LogP contribution is -2.53. The van der Waals surface area contributed by atoms with Gasteiger partial charge in [0.15, 0.2) is 0 Å². The van der Waals surface area contributed by atoms with Gasteiger partial charge in [-0.2, -0.15) is 0 Å². The molecule has 0 heterocycles. The van der Waals surface area contributed by atoms with Gasteiger partial charge in [0.05, 0.1) is 19.1 Å². The molecule has 0 aliphatic heterocycles. The van der Waals surface area contributed by atoms with E-state index >= 15 is 0 Å². The zero-order chi connectivity index (χ0) is 29.6. The molecule has 218 valence electrons. The van der Waals surface area contributed by atoms with Gasteiger partial charge in [0, 0.05) is 23.6 Å². The minimum absolute atomic E-state index is 0.0257. The lowest BCUT2D eigenvalue weighted by molar-refractivity contribution is -0.144. The van der Waals surface area contributed by atoms with Gasteiger partial charge in [-0.1, -0.05) is 86.6 Å². The van der Waals surface area contributed by atoms with Gasteiger partial charge in [-0.25, -0.2) is 9.59 Å². The predicted octanol–water partition coefficient (Wildman–Crippen LogP) is 6.52. The number of carboxylic acids is 1. The minimum atomic E-state index is -1.13. The molecule has 0 saturated carbocycles. The number of carboxylic acid groups (broad SMARTS) is 1. The number of carbonyl (C=O) groups excluding carboxylic acids is 2. The van der Waals surface area contributed by atoms with E-state index in [-0.39, 0.29) is 25.4 Å². The molecule has 1 unspecified atom stereocenters. The highest BCUT2D eigenvalue weighted by atomic mass is 32.2. The van der Waals surface area contributed by atoms with Crippen molar-refractivity contribution in [3.8, 4) is 11.1 Å². The molecule has 7 nitrogen and oxygen atoms in total. The van der Waals surface area contributed by atoms with Crippen molar-refractivity contribution < 1.29 is 24.2 Å². The van der Waals surface area contributed by atoms with Crippen LogP contribution >= 0.6 is 11.8 Å². The van der Waals surface area contributed by atoms with Crippen molar-refractivity contribution in [1.82, 2.24) is 10.2 Å². The van der Waals surface area contributed by atoms with Crippen LogP contribution in [0.3, 0.4) is 0 Å².